The van der Waals surface area contributed by atoms with E-state index in [4.69, 9.17) is 5.73 Å². The summed E-state index contributed by atoms with van der Waals surface area (Å²) in [4.78, 5) is 31.7. The highest BCUT2D eigenvalue weighted by molar-refractivity contribution is 5.79. The highest BCUT2D eigenvalue weighted by Gasteiger charge is 2.18. The molecule has 176 valence electrons. The number of amides is 2. The molecule has 2 aromatic carbocycles. The predicted octanol–water partition coefficient (Wildman–Crippen LogP) is 3.13. The van der Waals surface area contributed by atoms with Gasteiger partial charge in [-0.3, -0.25) is 9.59 Å². The number of aromatic nitrogens is 1. The Morgan fingerprint density at radius 3 is 2.35 bits per heavy atom. The van der Waals surface area contributed by atoms with Crippen molar-refractivity contribution in [1.29, 1.82) is 0 Å². The van der Waals surface area contributed by atoms with Gasteiger partial charge in [-0.05, 0) is 29.8 Å². The fourth-order valence-electron chi connectivity index (χ4n) is 4.02. The monoisotopic (exact) mass is 458 g/mol. The van der Waals surface area contributed by atoms with Crippen molar-refractivity contribution in [2.75, 3.05) is 41.7 Å². The second kappa shape index (κ2) is 10.7. The molecule has 2 heterocycles. The summed E-state index contributed by atoms with van der Waals surface area (Å²) in [6, 6.07) is 20.1. The van der Waals surface area contributed by atoms with Gasteiger partial charge in [0.05, 0.1) is 6.42 Å². The molecule has 4 N–H and O–H groups in total. The number of benzene rings is 2. The van der Waals surface area contributed by atoms with E-state index in [9.17, 15) is 9.59 Å². The lowest BCUT2D eigenvalue weighted by atomic mass is 10.1. The van der Waals surface area contributed by atoms with Crippen LogP contribution in [-0.4, -0.2) is 47.9 Å². The zero-order chi connectivity index (χ0) is 23.9. The summed E-state index contributed by atoms with van der Waals surface area (Å²) < 4.78 is 0. The maximum Gasteiger partial charge on any atom is 0.221 e. The summed E-state index contributed by atoms with van der Waals surface area (Å²) >= 11 is 0. The van der Waals surface area contributed by atoms with Crippen molar-refractivity contribution in [2.24, 2.45) is 5.73 Å². The Morgan fingerprint density at radius 2 is 1.71 bits per heavy atom. The van der Waals surface area contributed by atoms with Crippen LogP contribution in [0.2, 0.25) is 0 Å². The topological polar surface area (TPSA) is 104 Å². The van der Waals surface area contributed by atoms with Crippen LogP contribution in [0.1, 0.15) is 18.1 Å². The third-order valence-electron chi connectivity index (χ3n) is 5.91. The Labute approximate surface area is 199 Å². The zero-order valence-corrected chi connectivity index (χ0v) is 19.3. The van der Waals surface area contributed by atoms with Crippen LogP contribution in [0.4, 0.5) is 22.9 Å². The molecule has 4 rings (SSSR count). The first-order chi connectivity index (χ1) is 16.5. The molecular weight excluding hydrogens is 428 g/mol. The van der Waals surface area contributed by atoms with E-state index in [0.717, 1.165) is 54.4 Å². The van der Waals surface area contributed by atoms with Crippen molar-refractivity contribution in [1.82, 2.24) is 9.88 Å². The second-order valence-electron chi connectivity index (χ2n) is 8.37. The lowest BCUT2D eigenvalue weighted by Crippen LogP contribution is -2.48. The lowest BCUT2D eigenvalue weighted by molar-refractivity contribution is -0.129. The van der Waals surface area contributed by atoms with Gasteiger partial charge in [-0.2, -0.15) is 0 Å². The van der Waals surface area contributed by atoms with E-state index in [-0.39, 0.29) is 12.3 Å². The van der Waals surface area contributed by atoms with E-state index in [1.165, 1.54) is 0 Å². The van der Waals surface area contributed by atoms with Crippen LogP contribution < -0.4 is 21.3 Å². The minimum Gasteiger partial charge on any atom is -0.381 e. The van der Waals surface area contributed by atoms with Crippen molar-refractivity contribution < 1.29 is 9.59 Å². The second-order valence-corrected chi connectivity index (χ2v) is 8.37. The molecular formula is C26H30N6O2. The van der Waals surface area contributed by atoms with Gasteiger partial charge in [0.25, 0.3) is 0 Å². The maximum absolute atomic E-state index is 11.5. The summed E-state index contributed by atoms with van der Waals surface area (Å²) in [5.74, 6) is 0.405. The molecule has 8 heteroatoms. The van der Waals surface area contributed by atoms with Gasteiger partial charge in [0.15, 0.2) is 0 Å². The van der Waals surface area contributed by atoms with Crippen LogP contribution in [-0.2, 0) is 22.6 Å². The smallest absolute Gasteiger partial charge is 0.221 e. The number of nitrogens with two attached hydrogens (primary N) is 1. The number of carbonyl (C=O) groups excluding carboxylic acids is 2. The number of primary amides is 1. The van der Waals surface area contributed by atoms with Crippen molar-refractivity contribution >= 4 is 34.7 Å². The van der Waals surface area contributed by atoms with E-state index >= 15 is 0 Å². The first kappa shape index (κ1) is 23.1. The molecule has 1 aliphatic rings. The number of hydrogen-bond donors (Lipinski definition) is 3. The molecule has 1 aromatic heterocycles. The van der Waals surface area contributed by atoms with Crippen LogP contribution in [0.5, 0.6) is 0 Å². The van der Waals surface area contributed by atoms with E-state index in [0.29, 0.717) is 12.4 Å². The quantitative estimate of drug-likeness (QED) is 0.479. The summed E-state index contributed by atoms with van der Waals surface area (Å²) in [7, 11) is 0. The van der Waals surface area contributed by atoms with E-state index in [1.54, 1.807) is 13.1 Å². The highest BCUT2D eigenvalue weighted by atomic mass is 16.2. The molecule has 1 fully saturated rings. The number of piperazine rings is 1. The molecule has 0 unspecified atom stereocenters. The fraction of sp³-hybridized carbons (Fsp3) is 0.269. The summed E-state index contributed by atoms with van der Waals surface area (Å²) in [5, 5.41) is 6.74. The number of pyridine rings is 1. The number of rotatable bonds is 8. The Hall–Kier alpha value is -4.07. The minimum absolute atomic E-state index is 0.121. The Balaban J connectivity index is 1.43. The predicted molar refractivity (Wildman–Crippen MR) is 135 cm³/mol. The van der Waals surface area contributed by atoms with Crippen LogP contribution in [0.3, 0.4) is 0 Å². The summed E-state index contributed by atoms with van der Waals surface area (Å²) in [5.41, 5.74) is 10.2. The molecule has 0 saturated carbocycles. The molecule has 0 bridgehead atoms. The van der Waals surface area contributed by atoms with E-state index in [2.05, 4.69) is 32.7 Å². The molecule has 0 spiro atoms. The van der Waals surface area contributed by atoms with Crippen molar-refractivity contribution in [2.45, 2.75) is 19.9 Å². The molecule has 1 saturated heterocycles. The number of nitrogens with one attached hydrogen (secondary N) is 2. The van der Waals surface area contributed by atoms with Gasteiger partial charge in [0.2, 0.25) is 11.8 Å². The van der Waals surface area contributed by atoms with Crippen molar-refractivity contribution in [3.8, 4) is 0 Å². The third-order valence-corrected chi connectivity index (χ3v) is 5.91. The number of nitrogens with zero attached hydrogens (tertiary/aromatic N) is 3. The third kappa shape index (κ3) is 6.04. The van der Waals surface area contributed by atoms with Gasteiger partial charge < -0.3 is 26.2 Å². The molecule has 0 atom stereocenters. The molecule has 0 radical (unpaired) electrons. The first-order valence-electron chi connectivity index (χ1n) is 11.4. The standard InChI is InChI=1S/C26H30N6O2/c1-19(33)31-11-13-32(14-12-31)23-9-7-22(8-10-23)30-26-16-24(21(18-29-26)15-25(27)34)28-17-20-5-3-2-4-6-20/h2-10,16,18H,11-15,17H2,1H3,(H2,27,34)(H2,28,29,30). The zero-order valence-electron chi connectivity index (χ0n) is 19.3. The van der Waals surface area contributed by atoms with Gasteiger partial charge in [0.1, 0.15) is 5.82 Å². The van der Waals surface area contributed by atoms with Crippen LogP contribution in [0, 0.1) is 0 Å². The van der Waals surface area contributed by atoms with E-state index in [1.807, 2.05) is 53.4 Å². The van der Waals surface area contributed by atoms with Gasteiger partial charge in [-0.25, -0.2) is 4.98 Å². The Morgan fingerprint density at radius 1 is 1.00 bits per heavy atom. The Bertz CT molecular complexity index is 1130. The lowest BCUT2D eigenvalue weighted by Gasteiger charge is -2.35. The molecule has 1 aliphatic heterocycles. The van der Waals surface area contributed by atoms with Crippen LogP contribution in [0.15, 0.2) is 66.9 Å². The van der Waals surface area contributed by atoms with Gasteiger partial charge in [0, 0.05) is 74.5 Å². The SMILES string of the molecule is CC(=O)N1CCN(c2ccc(Nc3cc(NCc4ccccc4)c(CC(N)=O)cn3)cc2)CC1. The molecule has 34 heavy (non-hydrogen) atoms. The normalized spacial score (nSPS) is 13.4. The van der Waals surface area contributed by atoms with E-state index < -0.39 is 5.91 Å². The first-order valence-corrected chi connectivity index (χ1v) is 11.4. The van der Waals surface area contributed by atoms with Gasteiger partial charge in [-0.1, -0.05) is 30.3 Å². The molecule has 8 nitrogen and oxygen atoms in total. The molecule has 0 aliphatic carbocycles. The molecule has 3 aromatic rings. The minimum atomic E-state index is -0.398. The van der Waals surface area contributed by atoms with Gasteiger partial charge in [-0.15, -0.1) is 0 Å². The number of hydrogen-bond acceptors (Lipinski definition) is 6. The van der Waals surface area contributed by atoms with Gasteiger partial charge >= 0.3 is 0 Å². The average Bonchev–Trinajstić information content (AvgIpc) is 2.85. The summed E-state index contributed by atoms with van der Waals surface area (Å²) in [6.07, 6.45) is 1.80. The Kier molecular flexibility index (Phi) is 7.27. The van der Waals surface area contributed by atoms with Crippen LogP contribution >= 0.6 is 0 Å². The maximum atomic E-state index is 11.5. The van der Waals surface area contributed by atoms with Crippen LogP contribution in [0.25, 0.3) is 0 Å². The van der Waals surface area contributed by atoms with Crippen molar-refractivity contribution in [3.63, 3.8) is 0 Å². The number of anilines is 4. The van der Waals surface area contributed by atoms with Crippen molar-refractivity contribution in [3.05, 3.63) is 78.0 Å². The number of carbonyl (C=O) groups is 2. The highest BCUT2D eigenvalue weighted by Crippen LogP contribution is 2.25. The average molecular weight is 459 g/mol. The largest absolute Gasteiger partial charge is 0.381 e. The summed E-state index contributed by atoms with van der Waals surface area (Å²) in [6.45, 7) is 5.39. The molecule has 2 amide bonds. The fourth-order valence-corrected chi connectivity index (χ4v) is 4.02.